The summed E-state index contributed by atoms with van der Waals surface area (Å²) in [4.78, 5) is 20.7. The molecular weight excluding hydrogens is 527 g/mol. The van der Waals surface area contributed by atoms with Gasteiger partial charge in [0.2, 0.25) is 5.89 Å². The molecule has 0 N–H and O–H groups in total. The molecule has 4 atom stereocenters. The summed E-state index contributed by atoms with van der Waals surface area (Å²) in [5, 5.41) is 9.59. The highest BCUT2D eigenvalue weighted by molar-refractivity contribution is 7.93. The Hall–Kier alpha value is -2.73. The van der Waals surface area contributed by atoms with Crippen LogP contribution >= 0.6 is 0 Å². The van der Waals surface area contributed by atoms with Crippen LogP contribution in [0.5, 0.6) is 0 Å². The van der Waals surface area contributed by atoms with Gasteiger partial charge >= 0.3 is 0 Å². The molecule has 7 nitrogen and oxygen atoms in total. The third kappa shape index (κ3) is 6.59. The number of oxazole rings is 1. The van der Waals surface area contributed by atoms with E-state index in [9.17, 15) is 18.7 Å². The van der Waals surface area contributed by atoms with Gasteiger partial charge < -0.3 is 9.32 Å². The number of benzene rings is 1. The molecule has 1 aliphatic heterocycles. The lowest BCUT2D eigenvalue weighted by atomic mass is 9.72. The molecular formula is C31H43FN4O3S. The van der Waals surface area contributed by atoms with Crippen molar-refractivity contribution >= 4 is 21.2 Å². The lowest BCUT2D eigenvalue weighted by Gasteiger charge is -2.32. The number of rotatable bonds is 7. The van der Waals surface area contributed by atoms with Crippen LogP contribution in [0.15, 0.2) is 33.0 Å². The van der Waals surface area contributed by atoms with Crippen molar-refractivity contribution in [3.05, 3.63) is 35.9 Å². The van der Waals surface area contributed by atoms with Crippen LogP contribution in [0, 0.1) is 29.1 Å². The van der Waals surface area contributed by atoms with E-state index >= 15 is 0 Å². The summed E-state index contributed by atoms with van der Waals surface area (Å²) in [5.74, 6) is 1.12. The standard InChI is InChI=1S/C31H43FN4O3S/c1-20(2)22(19-33)17-27(37)26-18-23(32)9-12-25(26)28-29(39-30(35-28)31(3,4)5)21-7-10-24(11-8-21)36-13-15-40(38,34-6)16-14-36/h7-8,10-11,20,22-23,25-26H,9,12-18H2,1-6H3/t22-,23+,25-,26-/m1/s1. The molecule has 4 rings (SSSR count). The summed E-state index contributed by atoms with van der Waals surface area (Å²) in [6, 6.07) is 10.3. The Morgan fingerprint density at radius 1 is 1.23 bits per heavy atom. The second-order valence-corrected chi connectivity index (χ2v) is 15.4. The van der Waals surface area contributed by atoms with Crippen molar-refractivity contribution in [1.82, 2.24) is 4.98 Å². The number of alkyl halides is 1. The number of hydrogen-bond acceptors (Lipinski definition) is 7. The van der Waals surface area contributed by atoms with Crippen LogP contribution in [0.25, 0.3) is 11.3 Å². The quantitative estimate of drug-likeness (QED) is 0.375. The smallest absolute Gasteiger partial charge is 0.200 e. The van der Waals surface area contributed by atoms with Crippen LogP contribution in [0.4, 0.5) is 10.1 Å². The topological polar surface area (TPSA) is 99.6 Å². The number of nitriles is 1. The molecule has 2 aliphatic rings. The van der Waals surface area contributed by atoms with Crippen LogP contribution in [-0.2, 0) is 19.9 Å². The zero-order chi connectivity index (χ0) is 29.2. The lowest BCUT2D eigenvalue weighted by molar-refractivity contribution is -0.126. The van der Waals surface area contributed by atoms with Gasteiger partial charge in [-0.15, -0.1) is 0 Å². The fourth-order valence-electron chi connectivity index (χ4n) is 5.70. The van der Waals surface area contributed by atoms with Crippen LogP contribution in [-0.4, -0.2) is 52.8 Å². The van der Waals surface area contributed by atoms with Gasteiger partial charge in [-0.2, -0.15) is 5.26 Å². The Kier molecular flexibility index (Phi) is 9.08. The summed E-state index contributed by atoms with van der Waals surface area (Å²) in [6.07, 6.45) is 0.120. The summed E-state index contributed by atoms with van der Waals surface area (Å²) in [5.41, 5.74) is 2.26. The Balaban J connectivity index is 1.67. The Labute approximate surface area is 238 Å². The normalized spacial score (nSPS) is 24.0. The van der Waals surface area contributed by atoms with Crippen molar-refractivity contribution in [3.8, 4) is 17.4 Å². The van der Waals surface area contributed by atoms with Gasteiger partial charge in [0, 0.05) is 76.3 Å². The maximum absolute atomic E-state index is 14.7. The first-order chi connectivity index (χ1) is 18.8. The van der Waals surface area contributed by atoms with E-state index in [0.29, 0.717) is 54.8 Å². The molecule has 0 spiro atoms. The van der Waals surface area contributed by atoms with Gasteiger partial charge in [-0.25, -0.2) is 17.9 Å². The first kappa shape index (κ1) is 30.2. The van der Waals surface area contributed by atoms with E-state index in [0.717, 1.165) is 11.3 Å². The molecule has 1 aliphatic carbocycles. The van der Waals surface area contributed by atoms with Gasteiger partial charge in [-0.05, 0) is 49.4 Å². The number of carbonyl (C=O) groups excluding carboxylic acids is 1. The van der Waals surface area contributed by atoms with E-state index in [2.05, 4.69) is 15.3 Å². The molecule has 1 aromatic heterocycles. The minimum Gasteiger partial charge on any atom is -0.440 e. The van der Waals surface area contributed by atoms with Gasteiger partial charge in [-0.1, -0.05) is 34.6 Å². The van der Waals surface area contributed by atoms with E-state index < -0.39 is 27.7 Å². The van der Waals surface area contributed by atoms with Crippen LogP contribution in [0.2, 0.25) is 0 Å². The van der Waals surface area contributed by atoms with E-state index in [1.54, 1.807) is 7.05 Å². The van der Waals surface area contributed by atoms with E-state index in [1.165, 1.54) is 0 Å². The molecule has 1 saturated carbocycles. The SMILES string of the molecule is CN=S1(=O)CCN(c2ccc(-c3oc(C(C)(C)C)nc3[C@@H]3CC[C@H](F)C[C@H]3C(=O)C[C@H](C#N)C(C)C)cc2)CC1. The molecule has 0 unspecified atom stereocenters. The van der Waals surface area contributed by atoms with Gasteiger partial charge in [0.25, 0.3) is 0 Å². The zero-order valence-electron chi connectivity index (χ0n) is 24.7. The van der Waals surface area contributed by atoms with Crippen LogP contribution < -0.4 is 4.90 Å². The molecule has 0 bridgehead atoms. The van der Waals surface area contributed by atoms with E-state index in [-0.39, 0.29) is 35.9 Å². The number of halogens is 1. The highest BCUT2D eigenvalue weighted by atomic mass is 32.2. The fourth-order valence-corrected chi connectivity index (χ4v) is 7.28. The van der Waals surface area contributed by atoms with Crippen molar-refractivity contribution < 1.29 is 17.8 Å². The first-order valence-corrected chi connectivity index (χ1v) is 16.2. The van der Waals surface area contributed by atoms with Crippen molar-refractivity contribution in [1.29, 1.82) is 5.26 Å². The predicted octanol–water partition coefficient (Wildman–Crippen LogP) is 6.53. The molecule has 1 aromatic carbocycles. The number of anilines is 1. The van der Waals surface area contributed by atoms with E-state index in [4.69, 9.17) is 9.40 Å². The number of ketones is 1. The highest BCUT2D eigenvalue weighted by Gasteiger charge is 2.41. The number of Topliss-reactive ketones (excluding diaryl/α,β-unsaturated/α-hetero) is 1. The number of nitrogens with zero attached hydrogens (tertiary/aromatic N) is 4. The monoisotopic (exact) mass is 570 g/mol. The third-order valence-corrected chi connectivity index (χ3v) is 10.7. The molecule has 0 amide bonds. The van der Waals surface area contributed by atoms with Crippen molar-refractivity contribution in [2.24, 2.45) is 22.1 Å². The molecule has 2 aromatic rings. The largest absolute Gasteiger partial charge is 0.440 e. The van der Waals surface area contributed by atoms with Gasteiger partial charge in [0.1, 0.15) is 12.0 Å². The number of hydrogen-bond donors (Lipinski definition) is 0. The number of carbonyl (C=O) groups is 1. The Morgan fingerprint density at radius 2 is 1.88 bits per heavy atom. The highest BCUT2D eigenvalue weighted by Crippen LogP contribution is 2.45. The molecule has 0 radical (unpaired) electrons. The maximum atomic E-state index is 14.7. The first-order valence-electron chi connectivity index (χ1n) is 14.4. The Morgan fingerprint density at radius 3 is 2.42 bits per heavy atom. The predicted molar refractivity (Wildman–Crippen MR) is 158 cm³/mol. The minimum atomic E-state index is -2.09. The second kappa shape index (κ2) is 12.0. The summed E-state index contributed by atoms with van der Waals surface area (Å²) < 4.78 is 37.8. The van der Waals surface area contributed by atoms with E-state index in [1.807, 2.05) is 58.9 Å². The van der Waals surface area contributed by atoms with Crippen LogP contribution in [0.1, 0.15) is 77.8 Å². The minimum absolute atomic E-state index is 0.0496. The molecule has 9 heteroatoms. The molecule has 40 heavy (non-hydrogen) atoms. The fraction of sp³-hybridized carbons (Fsp3) is 0.645. The summed E-state index contributed by atoms with van der Waals surface area (Å²) in [7, 11) is -0.455. The average Bonchev–Trinajstić information content (AvgIpc) is 3.38. The third-order valence-electron chi connectivity index (χ3n) is 8.43. The molecule has 1 saturated heterocycles. The van der Waals surface area contributed by atoms with Crippen molar-refractivity contribution in [3.63, 3.8) is 0 Å². The van der Waals surface area contributed by atoms with Crippen LogP contribution in [0.3, 0.4) is 0 Å². The molecule has 2 fully saturated rings. The molecule has 2 heterocycles. The second-order valence-electron chi connectivity index (χ2n) is 12.7. The zero-order valence-corrected chi connectivity index (χ0v) is 25.5. The molecule has 218 valence electrons. The Bertz CT molecular complexity index is 1350. The average molecular weight is 571 g/mol. The van der Waals surface area contributed by atoms with Crippen molar-refractivity contribution in [2.45, 2.75) is 77.8 Å². The van der Waals surface area contributed by atoms with Crippen molar-refractivity contribution in [2.75, 3.05) is 36.5 Å². The lowest BCUT2D eigenvalue weighted by Crippen LogP contribution is -2.40. The summed E-state index contributed by atoms with van der Waals surface area (Å²) >= 11 is 0. The summed E-state index contributed by atoms with van der Waals surface area (Å²) in [6.45, 7) is 11.4. The van der Waals surface area contributed by atoms with Gasteiger partial charge in [0.15, 0.2) is 5.76 Å². The van der Waals surface area contributed by atoms with Gasteiger partial charge in [0.05, 0.1) is 17.7 Å². The number of aromatic nitrogens is 1. The maximum Gasteiger partial charge on any atom is 0.200 e. The van der Waals surface area contributed by atoms with Gasteiger partial charge in [-0.3, -0.25) is 4.79 Å².